The van der Waals surface area contributed by atoms with Crippen molar-refractivity contribution >= 4 is 11.5 Å². The van der Waals surface area contributed by atoms with Crippen molar-refractivity contribution in [1.82, 2.24) is 30.0 Å². The standard InChI is InChI=1S/C26H36N8O/c1-18-5-4-8-33(18)22-12-19(14-28-2)11-20(13-22)24-16-29-25(27)26(31-24)35-23-15-30-34(17-23)21-6-9-32(3)10-7-21/h11-13,15-18,21,28H,4-10,14H2,1-3H3,(H2,27,29). The summed E-state index contributed by atoms with van der Waals surface area (Å²) in [7, 11) is 4.12. The molecule has 0 bridgehead atoms. The van der Waals surface area contributed by atoms with Gasteiger partial charge >= 0.3 is 0 Å². The summed E-state index contributed by atoms with van der Waals surface area (Å²) in [5, 5.41) is 7.80. The van der Waals surface area contributed by atoms with Gasteiger partial charge in [0, 0.05) is 30.4 Å². The molecular weight excluding hydrogens is 440 g/mol. The number of aromatic nitrogens is 4. The van der Waals surface area contributed by atoms with Crippen molar-refractivity contribution in [3.05, 3.63) is 42.4 Å². The molecule has 2 aliphatic heterocycles. The fourth-order valence-corrected chi connectivity index (χ4v) is 5.15. The van der Waals surface area contributed by atoms with E-state index in [2.05, 4.69) is 57.4 Å². The SMILES string of the molecule is CNCc1cc(-c2cnc(N)c(Oc3cnn(C4CCN(C)CC4)c3)n2)cc(N2CCCC2C)c1. The predicted molar refractivity (Wildman–Crippen MR) is 139 cm³/mol. The summed E-state index contributed by atoms with van der Waals surface area (Å²) in [4.78, 5) is 14.0. The lowest BCUT2D eigenvalue weighted by atomic mass is 10.1. The summed E-state index contributed by atoms with van der Waals surface area (Å²) in [6.07, 6.45) is 9.98. The lowest BCUT2D eigenvalue weighted by Gasteiger charge is -2.28. The van der Waals surface area contributed by atoms with Crippen LogP contribution in [0, 0.1) is 0 Å². The number of nitrogen functional groups attached to an aromatic ring is 1. The van der Waals surface area contributed by atoms with Crippen LogP contribution < -0.4 is 20.7 Å². The van der Waals surface area contributed by atoms with Gasteiger partial charge in [-0.3, -0.25) is 4.68 Å². The molecule has 0 amide bonds. The molecule has 186 valence electrons. The van der Waals surface area contributed by atoms with Crippen LogP contribution in [0.25, 0.3) is 11.3 Å². The van der Waals surface area contributed by atoms with E-state index in [1.54, 1.807) is 12.4 Å². The zero-order valence-corrected chi connectivity index (χ0v) is 20.9. The van der Waals surface area contributed by atoms with E-state index in [0.29, 0.717) is 23.7 Å². The van der Waals surface area contributed by atoms with Gasteiger partial charge in [-0.2, -0.15) is 5.10 Å². The Hall–Kier alpha value is -3.17. The molecule has 9 nitrogen and oxygen atoms in total. The summed E-state index contributed by atoms with van der Waals surface area (Å²) in [5.41, 5.74) is 10.3. The molecule has 3 aromatic rings. The van der Waals surface area contributed by atoms with Crippen LogP contribution in [-0.4, -0.2) is 64.4 Å². The van der Waals surface area contributed by atoms with Crippen LogP contribution in [0.15, 0.2) is 36.8 Å². The smallest absolute Gasteiger partial charge is 0.263 e. The van der Waals surface area contributed by atoms with Crippen molar-refractivity contribution < 1.29 is 4.74 Å². The molecule has 1 atom stereocenters. The summed E-state index contributed by atoms with van der Waals surface area (Å²) < 4.78 is 8.07. The average molecular weight is 477 g/mol. The van der Waals surface area contributed by atoms with Crippen LogP contribution in [0.2, 0.25) is 0 Å². The van der Waals surface area contributed by atoms with E-state index in [4.69, 9.17) is 15.5 Å². The molecule has 0 spiro atoms. The first-order valence-electron chi connectivity index (χ1n) is 12.6. The molecule has 0 radical (unpaired) electrons. The normalized spacial score (nSPS) is 19.4. The number of rotatable bonds is 7. The molecule has 9 heteroatoms. The van der Waals surface area contributed by atoms with Gasteiger partial charge in [0.2, 0.25) is 0 Å². The number of hydrogen-bond acceptors (Lipinski definition) is 8. The third kappa shape index (κ3) is 5.26. The largest absolute Gasteiger partial charge is 0.433 e. The fourth-order valence-electron chi connectivity index (χ4n) is 5.15. The number of nitrogens with zero attached hydrogens (tertiary/aromatic N) is 6. The van der Waals surface area contributed by atoms with Gasteiger partial charge in [0.1, 0.15) is 0 Å². The summed E-state index contributed by atoms with van der Waals surface area (Å²) >= 11 is 0. The quantitative estimate of drug-likeness (QED) is 0.533. The lowest BCUT2D eigenvalue weighted by Crippen LogP contribution is -2.31. The van der Waals surface area contributed by atoms with Crippen LogP contribution in [0.3, 0.4) is 0 Å². The Bertz CT molecular complexity index is 1150. The molecule has 2 aliphatic rings. The molecule has 1 unspecified atom stereocenters. The Morgan fingerprint density at radius 3 is 2.69 bits per heavy atom. The summed E-state index contributed by atoms with van der Waals surface area (Å²) in [6.45, 7) is 6.30. The summed E-state index contributed by atoms with van der Waals surface area (Å²) in [5.74, 6) is 1.19. The minimum atomic E-state index is 0.264. The Labute approximate surface area is 207 Å². The van der Waals surface area contributed by atoms with Crippen molar-refractivity contribution in [2.24, 2.45) is 0 Å². The van der Waals surface area contributed by atoms with Gasteiger partial charge in [-0.15, -0.1) is 0 Å². The number of nitrogens with one attached hydrogen (secondary N) is 1. The maximum Gasteiger partial charge on any atom is 0.263 e. The minimum absolute atomic E-state index is 0.264. The number of ether oxygens (including phenoxy) is 1. The topological polar surface area (TPSA) is 97.4 Å². The van der Waals surface area contributed by atoms with Crippen LogP contribution in [0.4, 0.5) is 11.5 Å². The van der Waals surface area contributed by atoms with Crippen LogP contribution in [0.5, 0.6) is 11.6 Å². The van der Waals surface area contributed by atoms with Gasteiger partial charge < -0.3 is 25.6 Å². The Kier molecular flexibility index (Phi) is 6.88. The third-order valence-corrected chi connectivity index (χ3v) is 7.16. The fraction of sp³-hybridized carbons (Fsp3) is 0.500. The van der Waals surface area contributed by atoms with Gasteiger partial charge in [0.25, 0.3) is 5.88 Å². The summed E-state index contributed by atoms with van der Waals surface area (Å²) in [6, 6.07) is 7.54. The zero-order chi connectivity index (χ0) is 24.4. The lowest BCUT2D eigenvalue weighted by molar-refractivity contribution is 0.212. The predicted octanol–water partition coefficient (Wildman–Crippen LogP) is 3.69. The van der Waals surface area contributed by atoms with Crippen molar-refractivity contribution in [3.8, 4) is 22.9 Å². The molecule has 5 rings (SSSR count). The van der Waals surface area contributed by atoms with Crippen LogP contribution in [-0.2, 0) is 6.54 Å². The second-order valence-corrected chi connectivity index (χ2v) is 9.84. The molecule has 3 N–H and O–H groups in total. The third-order valence-electron chi connectivity index (χ3n) is 7.16. The van der Waals surface area contributed by atoms with Crippen molar-refractivity contribution in [2.75, 3.05) is 44.4 Å². The monoisotopic (exact) mass is 476 g/mol. The number of benzene rings is 1. The number of piperidine rings is 1. The van der Waals surface area contributed by atoms with Gasteiger partial charge in [-0.05, 0) is 83.6 Å². The van der Waals surface area contributed by atoms with E-state index in [9.17, 15) is 0 Å². The van der Waals surface area contributed by atoms with Crippen molar-refractivity contribution in [3.63, 3.8) is 0 Å². The first-order valence-corrected chi connectivity index (χ1v) is 12.6. The van der Waals surface area contributed by atoms with Crippen molar-refractivity contribution in [2.45, 2.75) is 51.2 Å². The van der Waals surface area contributed by atoms with Gasteiger partial charge in [-0.1, -0.05) is 0 Å². The van der Waals surface area contributed by atoms with Crippen LogP contribution >= 0.6 is 0 Å². The Balaban J connectivity index is 1.40. The Morgan fingerprint density at radius 1 is 1.11 bits per heavy atom. The average Bonchev–Trinajstić information content (AvgIpc) is 3.50. The molecule has 1 aromatic carbocycles. The van der Waals surface area contributed by atoms with E-state index in [0.717, 1.165) is 50.3 Å². The van der Waals surface area contributed by atoms with E-state index < -0.39 is 0 Å². The maximum absolute atomic E-state index is 6.16. The van der Waals surface area contributed by atoms with E-state index >= 15 is 0 Å². The minimum Gasteiger partial charge on any atom is -0.433 e. The first kappa shape index (κ1) is 23.6. The Morgan fingerprint density at radius 2 is 1.94 bits per heavy atom. The molecule has 0 aliphatic carbocycles. The highest BCUT2D eigenvalue weighted by Crippen LogP contribution is 2.33. The van der Waals surface area contributed by atoms with E-state index in [-0.39, 0.29) is 5.82 Å². The maximum atomic E-state index is 6.16. The van der Waals surface area contributed by atoms with Crippen molar-refractivity contribution in [1.29, 1.82) is 0 Å². The molecule has 2 saturated heterocycles. The van der Waals surface area contributed by atoms with Gasteiger partial charge in [-0.25, -0.2) is 9.97 Å². The molecular formula is C26H36N8O. The highest BCUT2D eigenvalue weighted by Gasteiger charge is 2.22. The number of hydrogen-bond donors (Lipinski definition) is 2. The second kappa shape index (κ2) is 10.2. The zero-order valence-electron chi connectivity index (χ0n) is 20.9. The molecule has 2 fully saturated rings. The molecule has 35 heavy (non-hydrogen) atoms. The van der Waals surface area contributed by atoms with Crippen LogP contribution in [0.1, 0.15) is 44.2 Å². The highest BCUT2D eigenvalue weighted by atomic mass is 16.5. The van der Waals surface area contributed by atoms with E-state index in [1.807, 2.05) is 17.9 Å². The number of nitrogens with two attached hydrogens (primary N) is 1. The first-order chi connectivity index (χ1) is 17.0. The second-order valence-electron chi connectivity index (χ2n) is 9.84. The van der Waals surface area contributed by atoms with Gasteiger partial charge in [0.05, 0.1) is 30.3 Å². The molecule has 4 heterocycles. The molecule has 0 saturated carbocycles. The highest BCUT2D eigenvalue weighted by molar-refractivity contribution is 5.68. The number of likely N-dealkylation sites (tertiary alicyclic amines) is 1. The number of anilines is 2. The molecule has 2 aromatic heterocycles. The van der Waals surface area contributed by atoms with Gasteiger partial charge in [0.15, 0.2) is 11.6 Å². The van der Waals surface area contributed by atoms with E-state index in [1.165, 1.54) is 24.1 Å².